The molecule has 0 amide bonds. The number of hydrogen-bond acceptors (Lipinski definition) is 5. The molecule has 124 valence electrons. The number of para-hydroxylation sites is 1. The zero-order valence-electron chi connectivity index (χ0n) is 13.3. The van der Waals surface area contributed by atoms with Gasteiger partial charge in [0.2, 0.25) is 0 Å². The topological polar surface area (TPSA) is 65.5 Å². The second-order valence-corrected chi connectivity index (χ2v) is 5.64. The summed E-state index contributed by atoms with van der Waals surface area (Å²) in [7, 11) is 0. The zero-order valence-corrected chi connectivity index (χ0v) is 13.3. The van der Waals surface area contributed by atoms with Crippen LogP contribution < -0.4 is 0 Å². The fourth-order valence-corrected chi connectivity index (χ4v) is 2.59. The van der Waals surface area contributed by atoms with Gasteiger partial charge >= 0.3 is 5.97 Å². The van der Waals surface area contributed by atoms with E-state index < -0.39 is 0 Å². The molecule has 0 aliphatic carbocycles. The number of furan rings is 1. The van der Waals surface area contributed by atoms with Gasteiger partial charge in [0.25, 0.3) is 0 Å². The maximum absolute atomic E-state index is 12.0. The fourth-order valence-electron chi connectivity index (χ4n) is 2.59. The number of rotatable bonds is 5. The third kappa shape index (κ3) is 3.45. The molecule has 25 heavy (non-hydrogen) atoms. The van der Waals surface area contributed by atoms with E-state index in [0.29, 0.717) is 17.2 Å². The van der Waals surface area contributed by atoms with Crippen molar-refractivity contribution in [2.45, 2.75) is 13.0 Å². The van der Waals surface area contributed by atoms with Crippen LogP contribution in [0.4, 0.5) is 0 Å². The maximum atomic E-state index is 12.0. The molecule has 0 aliphatic rings. The summed E-state index contributed by atoms with van der Waals surface area (Å²) >= 11 is 0. The quantitative estimate of drug-likeness (QED) is 0.507. The Labute approximate surface area is 143 Å². The van der Waals surface area contributed by atoms with Gasteiger partial charge in [0.15, 0.2) is 5.76 Å². The number of ether oxygens (including phenoxy) is 1. The molecule has 0 bridgehead atoms. The van der Waals surface area contributed by atoms with Gasteiger partial charge in [-0.2, -0.15) is 0 Å². The highest BCUT2D eigenvalue weighted by atomic mass is 16.5. The van der Waals surface area contributed by atoms with Crippen LogP contribution in [0.3, 0.4) is 0 Å². The third-order valence-corrected chi connectivity index (χ3v) is 3.79. The van der Waals surface area contributed by atoms with Gasteiger partial charge in [-0.1, -0.05) is 53.7 Å². The van der Waals surface area contributed by atoms with Crippen molar-refractivity contribution in [3.8, 4) is 11.3 Å². The van der Waals surface area contributed by atoms with Gasteiger partial charge in [0.1, 0.15) is 18.0 Å². The van der Waals surface area contributed by atoms with E-state index in [1.54, 1.807) is 6.07 Å². The average molecular weight is 333 g/mol. The number of esters is 1. The van der Waals surface area contributed by atoms with Crippen LogP contribution >= 0.6 is 0 Å². The van der Waals surface area contributed by atoms with Crippen LogP contribution in [-0.2, 0) is 22.6 Å². The summed E-state index contributed by atoms with van der Waals surface area (Å²) in [6.07, 6.45) is 0.0521. The summed E-state index contributed by atoms with van der Waals surface area (Å²) in [6.45, 7) is 0.0942. The van der Waals surface area contributed by atoms with E-state index >= 15 is 0 Å². The Morgan fingerprint density at radius 2 is 1.80 bits per heavy atom. The lowest BCUT2D eigenvalue weighted by atomic mass is 10.1. The Hall–Kier alpha value is -3.34. The molecule has 2 aromatic heterocycles. The highest BCUT2D eigenvalue weighted by Crippen LogP contribution is 2.21. The minimum Gasteiger partial charge on any atom is -0.457 e. The molecule has 0 unspecified atom stereocenters. The SMILES string of the molecule is O=C(Cc1cc(-c2ccccc2)on1)OCc1cc2ccccc2o1. The summed E-state index contributed by atoms with van der Waals surface area (Å²) < 4.78 is 16.2. The monoisotopic (exact) mass is 333 g/mol. The molecule has 4 aromatic rings. The molecular weight excluding hydrogens is 318 g/mol. The lowest BCUT2D eigenvalue weighted by Crippen LogP contribution is -2.07. The van der Waals surface area contributed by atoms with Crippen LogP contribution in [0.15, 0.2) is 75.7 Å². The lowest BCUT2D eigenvalue weighted by Gasteiger charge is -2.00. The van der Waals surface area contributed by atoms with Crippen molar-refractivity contribution in [3.63, 3.8) is 0 Å². The van der Waals surface area contributed by atoms with E-state index in [4.69, 9.17) is 13.7 Å². The molecule has 0 spiro atoms. The van der Waals surface area contributed by atoms with Crippen molar-refractivity contribution in [1.29, 1.82) is 0 Å². The van der Waals surface area contributed by atoms with Gasteiger partial charge in [-0.3, -0.25) is 4.79 Å². The molecule has 0 atom stereocenters. The minimum atomic E-state index is -0.381. The van der Waals surface area contributed by atoms with E-state index in [-0.39, 0.29) is 19.0 Å². The molecule has 5 nitrogen and oxygen atoms in total. The number of carbonyl (C=O) groups excluding carboxylic acids is 1. The van der Waals surface area contributed by atoms with E-state index in [1.807, 2.05) is 60.7 Å². The molecule has 0 radical (unpaired) electrons. The summed E-state index contributed by atoms with van der Waals surface area (Å²) in [5.74, 6) is 0.855. The Balaban J connectivity index is 1.37. The number of nitrogens with zero attached hydrogens (tertiary/aromatic N) is 1. The predicted molar refractivity (Wildman–Crippen MR) is 91.7 cm³/mol. The molecule has 0 saturated carbocycles. The Kier molecular flexibility index (Phi) is 4.04. The fraction of sp³-hybridized carbons (Fsp3) is 0.100. The Morgan fingerprint density at radius 3 is 2.64 bits per heavy atom. The van der Waals surface area contributed by atoms with Crippen molar-refractivity contribution in [2.24, 2.45) is 0 Å². The first kappa shape index (κ1) is 15.2. The van der Waals surface area contributed by atoms with E-state index in [1.165, 1.54) is 0 Å². The molecule has 5 heteroatoms. The molecule has 0 aliphatic heterocycles. The number of carbonyl (C=O) groups is 1. The van der Waals surface area contributed by atoms with Crippen molar-refractivity contribution < 1.29 is 18.5 Å². The molecule has 4 rings (SSSR count). The largest absolute Gasteiger partial charge is 0.457 e. The van der Waals surface area contributed by atoms with Gasteiger partial charge in [0, 0.05) is 17.0 Å². The molecule has 0 N–H and O–H groups in total. The van der Waals surface area contributed by atoms with Crippen LogP contribution in [-0.4, -0.2) is 11.1 Å². The summed E-state index contributed by atoms with van der Waals surface area (Å²) in [4.78, 5) is 12.0. The molecular formula is C20H15NO4. The normalized spacial score (nSPS) is 10.9. The highest BCUT2D eigenvalue weighted by Gasteiger charge is 2.13. The van der Waals surface area contributed by atoms with E-state index in [0.717, 1.165) is 16.5 Å². The standard InChI is InChI=1S/C20H15NO4/c22-20(23-13-17-10-15-8-4-5-9-18(15)24-17)12-16-11-19(25-21-16)14-6-2-1-3-7-14/h1-11H,12-13H2. The lowest BCUT2D eigenvalue weighted by molar-refractivity contribution is -0.144. The first-order valence-corrected chi connectivity index (χ1v) is 7.92. The molecule has 0 fully saturated rings. The van der Waals surface area contributed by atoms with Crippen LogP contribution in [0.25, 0.3) is 22.3 Å². The summed E-state index contributed by atoms with van der Waals surface area (Å²) in [5, 5.41) is 4.91. The van der Waals surface area contributed by atoms with Crippen LogP contribution in [0, 0.1) is 0 Å². The van der Waals surface area contributed by atoms with E-state index in [9.17, 15) is 4.79 Å². The van der Waals surface area contributed by atoms with Crippen LogP contribution in [0.1, 0.15) is 11.5 Å². The van der Waals surface area contributed by atoms with Crippen LogP contribution in [0.5, 0.6) is 0 Å². The number of fused-ring (bicyclic) bond motifs is 1. The molecule has 2 heterocycles. The van der Waals surface area contributed by atoms with Gasteiger partial charge in [0.05, 0.1) is 12.1 Å². The van der Waals surface area contributed by atoms with Gasteiger partial charge in [-0.15, -0.1) is 0 Å². The molecule has 0 saturated heterocycles. The van der Waals surface area contributed by atoms with Gasteiger partial charge in [-0.25, -0.2) is 0 Å². The van der Waals surface area contributed by atoms with Crippen molar-refractivity contribution >= 4 is 16.9 Å². The first-order valence-electron chi connectivity index (χ1n) is 7.92. The smallest absolute Gasteiger partial charge is 0.312 e. The van der Waals surface area contributed by atoms with Crippen molar-refractivity contribution in [1.82, 2.24) is 5.16 Å². The number of benzene rings is 2. The van der Waals surface area contributed by atoms with Crippen LogP contribution in [0.2, 0.25) is 0 Å². The van der Waals surface area contributed by atoms with E-state index in [2.05, 4.69) is 5.16 Å². The maximum Gasteiger partial charge on any atom is 0.312 e. The first-order chi connectivity index (χ1) is 12.3. The third-order valence-electron chi connectivity index (χ3n) is 3.79. The molecule has 2 aromatic carbocycles. The average Bonchev–Trinajstić information content (AvgIpc) is 3.27. The van der Waals surface area contributed by atoms with Gasteiger partial charge in [-0.05, 0) is 12.1 Å². The Bertz CT molecular complexity index is 968. The van der Waals surface area contributed by atoms with Crippen molar-refractivity contribution in [3.05, 3.63) is 78.2 Å². The Morgan fingerprint density at radius 1 is 1.00 bits per heavy atom. The predicted octanol–water partition coefficient (Wildman–Crippen LogP) is 4.37. The summed E-state index contributed by atoms with van der Waals surface area (Å²) in [6, 6.07) is 20.9. The zero-order chi connectivity index (χ0) is 17.1. The second kappa shape index (κ2) is 6.65. The number of aromatic nitrogens is 1. The minimum absolute atomic E-state index is 0.0521. The van der Waals surface area contributed by atoms with Crippen molar-refractivity contribution in [2.75, 3.05) is 0 Å². The number of hydrogen-bond donors (Lipinski definition) is 0. The summed E-state index contributed by atoms with van der Waals surface area (Å²) in [5.41, 5.74) is 2.22. The second-order valence-electron chi connectivity index (χ2n) is 5.64. The van der Waals surface area contributed by atoms with Gasteiger partial charge < -0.3 is 13.7 Å². The highest BCUT2D eigenvalue weighted by molar-refractivity contribution is 5.78.